The van der Waals surface area contributed by atoms with Crippen LogP contribution in [0.2, 0.25) is 0 Å². The molecule has 3 amide bonds. The molecular weight excluding hydrogens is 442 g/mol. The van der Waals surface area contributed by atoms with Gasteiger partial charge < -0.3 is 30.3 Å². The van der Waals surface area contributed by atoms with Crippen LogP contribution in [0.1, 0.15) is 65.2 Å². The number of amides is 3. The number of rotatable bonds is 10. The highest BCUT2D eigenvalue weighted by Gasteiger charge is 2.35. The predicted octanol–water partition coefficient (Wildman–Crippen LogP) is 0.335. The van der Waals surface area contributed by atoms with Gasteiger partial charge in [-0.05, 0) is 50.9 Å². The molecule has 4 atom stereocenters. The first-order chi connectivity index (χ1) is 15.0. The number of aliphatic hydroxyl groups excluding tert-OH is 1. The highest BCUT2D eigenvalue weighted by atomic mass is 32.2. The molecule has 0 aromatic heterocycles. The van der Waals surface area contributed by atoms with Crippen LogP contribution in [0.3, 0.4) is 0 Å². The molecule has 2 rings (SSSR count). The third-order valence-corrected chi connectivity index (χ3v) is 6.73. The van der Waals surface area contributed by atoms with Crippen LogP contribution in [0.15, 0.2) is 0 Å². The zero-order valence-corrected chi connectivity index (χ0v) is 19.4. The van der Waals surface area contributed by atoms with Crippen molar-refractivity contribution in [2.45, 2.75) is 88.8 Å². The quantitative estimate of drug-likeness (QED) is 0.326. The molecule has 0 spiro atoms. The molecule has 0 bridgehead atoms. The van der Waals surface area contributed by atoms with Crippen LogP contribution in [-0.4, -0.2) is 66.2 Å². The monoisotopic (exact) mass is 476 g/mol. The third-order valence-electron chi connectivity index (χ3n) is 5.81. The van der Waals surface area contributed by atoms with Crippen molar-refractivity contribution >= 4 is 28.0 Å². The normalized spacial score (nSPS) is 22.7. The number of alkyl carbamates (subject to hydrolysis) is 1. The standard InChI is InChI=1S/C20H35N3O8S/c1-12(2)10-15(23-20(27)31-14-6-4-3-5-7-14)18(25)22-16(19(26)32(28,29)30)11-13-8-9-21-17(13)24/h12-16,19,26H,3-11H2,1-2H3,(H,21,24)(H,22,25)(H,23,27)(H,28,29,30)/p-1/t13?,15-,16-,19?/m1/s1. The summed E-state index contributed by atoms with van der Waals surface area (Å²) in [7, 11) is -5.15. The Labute approximate surface area is 188 Å². The summed E-state index contributed by atoms with van der Waals surface area (Å²) in [5.41, 5.74) is -2.42. The minimum absolute atomic E-state index is 0.00652. The topological polar surface area (TPSA) is 174 Å². The van der Waals surface area contributed by atoms with E-state index in [1.165, 1.54) is 0 Å². The van der Waals surface area contributed by atoms with Gasteiger partial charge in [-0.2, -0.15) is 0 Å². The van der Waals surface area contributed by atoms with E-state index in [4.69, 9.17) is 4.74 Å². The summed E-state index contributed by atoms with van der Waals surface area (Å²) < 4.78 is 39.6. The van der Waals surface area contributed by atoms with Gasteiger partial charge in [-0.15, -0.1) is 0 Å². The maximum Gasteiger partial charge on any atom is 0.408 e. The molecule has 0 aromatic carbocycles. The Balaban J connectivity index is 2.08. The van der Waals surface area contributed by atoms with Crippen LogP contribution in [0.4, 0.5) is 4.79 Å². The molecule has 2 fully saturated rings. The molecule has 1 saturated heterocycles. The fourth-order valence-electron chi connectivity index (χ4n) is 4.12. The summed E-state index contributed by atoms with van der Waals surface area (Å²) >= 11 is 0. The number of hydrogen-bond acceptors (Lipinski definition) is 8. The predicted molar refractivity (Wildman–Crippen MR) is 113 cm³/mol. The molecule has 11 nitrogen and oxygen atoms in total. The number of hydrogen-bond donors (Lipinski definition) is 4. The summed E-state index contributed by atoms with van der Waals surface area (Å²) in [6.45, 7) is 4.06. The van der Waals surface area contributed by atoms with Crippen LogP contribution in [0, 0.1) is 11.8 Å². The van der Waals surface area contributed by atoms with E-state index in [1.54, 1.807) is 0 Å². The summed E-state index contributed by atoms with van der Waals surface area (Å²) in [6.07, 6.45) is 3.96. The fourth-order valence-corrected chi connectivity index (χ4v) is 4.70. The lowest BCUT2D eigenvalue weighted by atomic mass is 9.97. The van der Waals surface area contributed by atoms with Gasteiger partial charge in [-0.3, -0.25) is 9.59 Å². The number of carbonyl (C=O) groups excluding carboxylic acids is 3. The molecule has 12 heteroatoms. The third kappa shape index (κ3) is 8.21. The summed E-state index contributed by atoms with van der Waals surface area (Å²) in [5.74, 6) is -1.75. The fraction of sp³-hybridized carbons (Fsp3) is 0.850. The van der Waals surface area contributed by atoms with Crippen molar-refractivity contribution in [3.05, 3.63) is 0 Å². The van der Waals surface area contributed by atoms with Crippen molar-refractivity contribution in [3.63, 3.8) is 0 Å². The lowest BCUT2D eigenvalue weighted by molar-refractivity contribution is -0.126. The molecule has 2 unspecified atom stereocenters. The van der Waals surface area contributed by atoms with Gasteiger partial charge in [-0.1, -0.05) is 20.3 Å². The molecule has 1 aliphatic carbocycles. The molecule has 0 radical (unpaired) electrons. The van der Waals surface area contributed by atoms with Crippen molar-refractivity contribution in [2.75, 3.05) is 6.54 Å². The summed E-state index contributed by atoms with van der Waals surface area (Å²) in [5, 5.41) is 17.5. The van der Waals surface area contributed by atoms with Gasteiger partial charge in [0.05, 0.1) is 6.04 Å². The summed E-state index contributed by atoms with van der Waals surface area (Å²) in [6, 6.07) is -2.56. The van der Waals surface area contributed by atoms with E-state index in [2.05, 4.69) is 16.0 Å². The Hall–Kier alpha value is -1.92. The maximum atomic E-state index is 12.9. The Morgan fingerprint density at radius 2 is 1.84 bits per heavy atom. The van der Waals surface area contributed by atoms with E-state index < -0.39 is 45.6 Å². The van der Waals surface area contributed by atoms with Gasteiger partial charge in [0.25, 0.3) is 0 Å². The zero-order chi connectivity index (χ0) is 23.9. The van der Waals surface area contributed by atoms with Gasteiger partial charge in [0.1, 0.15) is 22.3 Å². The molecule has 0 aromatic rings. The molecule has 2 aliphatic rings. The number of ether oxygens (including phenoxy) is 1. The highest BCUT2D eigenvalue weighted by Crippen LogP contribution is 2.21. The second-order valence-corrected chi connectivity index (χ2v) is 10.5. The van der Waals surface area contributed by atoms with Gasteiger partial charge in [0.2, 0.25) is 11.8 Å². The molecule has 1 saturated carbocycles. The first-order valence-corrected chi connectivity index (χ1v) is 12.6. The zero-order valence-electron chi connectivity index (χ0n) is 18.5. The van der Waals surface area contributed by atoms with Gasteiger partial charge in [0.15, 0.2) is 5.44 Å². The van der Waals surface area contributed by atoms with E-state index in [9.17, 15) is 32.5 Å². The van der Waals surface area contributed by atoms with Gasteiger partial charge >= 0.3 is 6.09 Å². The largest absolute Gasteiger partial charge is 0.746 e. The molecule has 1 aliphatic heterocycles. The average molecular weight is 477 g/mol. The smallest absolute Gasteiger partial charge is 0.408 e. The van der Waals surface area contributed by atoms with Crippen LogP contribution in [0.5, 0.6) is 0 Å². The SMILES string of the molecule is CC(C)C[C@@H](NC(=O)OC1CCCCC1)C(=O)N[C@H](CC1CCNC1=O)C(O)S(=O)(=O)[O-]. The van der Waals surface area contributed by atoms with Gasteiger partial charge in [-0.25, -0.2) is 13.2 Å². The lowest BCUT2D eigenvalue weighted by Crippen LogP contribution is -2.55. The Kier molecular flexibility index (Phi) is 9.71. The van der Waals surface area contributed by atoms with Crippen LogP contribution < -0.4 is 16.0 Å². The maximum absolute atomic E-state index is 12.9. The van der Waals surface area contributed by atoms with Crippen molar-refractivity contribution in [1.29, 1.82) is 0 Å². The summed E-state index contributed by atoms with van der Waals surface area (Å²) in [4.78, 5) is 37.1. The number of carbonyl (C=O) groups is 3. The molecule has 4 N–H and O–H groups in total. The Bertz CT molecular complexity index is 767. The lowest BCUT2D eigenvalue weighted by Gasteiger charge is -2.30. The van der Waals surface area contributed by atoms with Crippen molar-refractivity contribution < 1.29 is 37.2 Å². The van der Waals surface area contributed by atoms with Gasteiger partial charge in [0, 0.05) is 12.5 Å². The van der Waals surface area contributed by atoms with Crippen molar-refractivity contribution in [2.24, 2.45) is 11.8 Å². The minimum atomic E-state index is -5.15. The first kappa shape index (κ1) is 26.3. The van der Waals surface area contributed by atoms with E-state index in [0.29, 0.717) is 13.0 Å². The second kappa shape index (κ2) is 11.8. The number of aliphatic hydroxyl groups is 1. The van der Waals surface area contributed by atoms with Crippen LogP contribution in [-0.2, 0) is 24.4 Å². The van der Waals surface area contributed by atoms with E-state index >= 15 is 0 Å². The van der Waals surface area contributed by atoms with E-state index in [1.807, 2.05) is 13.8 Å². The van der Waals surface area contributed by atoms with E-state index in [-0.39, 0.29) is 30.8 Å². The Morgan fingerprint density at radius 3 is 2.38 bits per heavy atom. The molecule has 1 heterocycles. The molecule has 32 heavy (non-hydrogen) atoms. The molecule has 184 valence electrons. The highest BCUT2D eigenvalue weighted by molar-refractivity contribution is 7.86. The molecular formula is C20H34N3O8S-. The van der Waals surface area contributed by atoms with E-state index in [0.717, 1.165) is 32.1 Å². The average Bonchev–Trinajstić information content (AvgIpc) is 3.10. The minimum Gasteiger partial charge on any atom is -0.746 e. The first-order valence-electron chi connectivity index (χ1n) is 11.2. The Morgan fingerprint density at radius 1 is 1.19 bits per heavy atom. The second-order valence-electron chi connectivity index (χ2n) is 9.00. The van der Waals surface area contributed by atoms with Crippen LogP contribution >= 0.6 is 0 Å². The van der Waals surface area contributed by atoms with Crippen LogP contribution in [0.25, 0.3) is 0 Å². The van der Waals surface area contributed by atoms with Crippen molar-refractivity contribution in [3.8, 4) is 0 Å². The number of nitrogens with one attached hydrogen (secondary N) is 3. The van der Waals surface area contributed by atoms with Crippen molar-refractivity contribution in [1.82, 2.24) is 16.0 Å².